The molecule has 1 aliphatic heterocycles. The van der Waals surface area contributed by atoms with Gasteiger partial charge in [0.15, 0.2) is 0 Å². The van der Waals surface area contributed by atoms with Crippen LogP contribution in [0, 0.1) is 0 Å². The molecule has 0 saturated carbocycles. The number of carbonyl (C=O) groups excluding carboxylic acids is 1. The van der Waals surface area contributed by atoms with Gasteiger partial charge in [-0.15, -0.1) is 0 Å². The van der Waals surface area contributed by atoms with Crippen molar-refractivity contribution in [2.24, 2.45) is 0 Å². The van der Waals surface area contributed by atoms with Crippen molar-refractivity contribution in [2.75, 3.05) is 20.1 Å². The van der Waals surface area contributed by atoms with E-state index in [0.29, 0.717) is 18.7 Å². The maximum Gasteiger partial charge on any atom is 0.416 e. The molecule has 1 aromatic rings. The van der Waals surface area contributed by atoms with Crippen LogP contribution in [0.2, 0.25) is 0 Å². The molecular weight excluding hydrogens is 269 g/mol. The monoisotopic (exact) mass is 286 g/mol. The molecule has 0 spiro atoms. The van der Waals surface area contributed by atoms with Gasteiger partial charge in [0.1, 0.15) is 0 Å². The number of halogens is 3. The predicted octanol–water partition coefficient (Wildman–Crippen LogP) is 2.53. The standard InChI is InChI=1S/C14H17F3N2O/c1-18-9-12-3-2-8-19(12)13(20)10-4-6-11(7-5-10)14(15,16)17/h4-7,12,18H,2-3,8-9H2,1H3. The Kier molecular flexibility index (Phi) is 4.32. The zero-order chi connectivity index (χ0) is 14.8. The fraction of sp³-hybridized carbons (Fsp3) is 0.500. The number of benzene rings is 1. The second-order valence-electron chi connectivity index (χ2n) is 4.93. The molecule has 20 heavy (non-hydrogen) atoms. The number of hydrogen-bond acceptors (Lipinski definition) is 2. The van der Waals surface area contributed by atoms with E-state index in [1.54, 1.807) is 4.90 Å². The summed E-state index contributed by atoms with van der Waals surface area (Å²) in [6.45, 7) is 1.36. The number of likely N-dealkylation sites (tertiary alicyclic amines) is 1. The van der Waals surface area contributed by atoms with Crippen LogP contribution in [-0.4, -0.2) is 37.0 Å². The van der Waals surface area contributed by atoms with Crippen molar-refractivity contribution < 1.29 is 18.0 Å². The van der Waals surface area contributed by atoms with Crippen LogP contribution in [0.1, 0.15) is 28.8 Å². The second-order valence-corrected chi connectivity index (χ2v) is 4.93. The van der Waals surface area contributed by atoms with E-state index in [0.717, 1.165) is 25.0 Å². The SMILES string of the molecule is CNCC1CCCN1C(=O)c1ccc(C(F)(F)F)cc1. The van der Waals surface area contributed by atoms with E-state index in [9.17, 15) is 18.0 Å². The molecule has 1 fully saturated rings. The Bertz CT molecular complexity index is 470. The summed E-state index contributed by atoms with van der Waals surface area (Å²) in [5.41, 5.74) is -0.428. The molecular formula is C14H17F3N2O. The molecule has 1 saturated heterocycles. The summed E-state index contributed by atoms with van der Waals surface area (Å²) in [5.74, 6) is -0.198. The normalized spacial score (nSPS) is 19.4. The minimum Gasteiger partial charge on any atom is -0.334 e. The van der Waals surface area contributed by atoms with Crippen LogP contribution in [-0.2, 0) is 6.18 Å². The van der Waals surface area contributed by atoms with Crippen LogP contribution in [0.5, 0.6) is 0 Å². The first-order valence-electron chi connectivity index (χ1n) is 6.56. The van der Waals surface area contributed by atoms with Gasteiger partial charge in [0.25, 0.3) is 5.91 Å². The summed E-state index contributed by atoms with van der Waals surface area (Å²) in [5, 5.41) is 3.03. The summed E-state index contributed by atoms with van der Waals surface area (Å²) in [4.78, 5) is 14.0. The highest BCUT2D eigenvalue weighted by molar-refractivity contribution is 5.94. The number of rotatable bonds is 3. The molecule has 2 rings (SSSR count). The van der Waals surface area contributed by atoms with E-state index < -0.39 is 11.7 Å². The van der Waals surface area contributed by atoms with Gasteiger partial charge < -0.3 is 10.2 Å². The van der Waals surface area contributed by atoms with Crippen molar-refractivity contribution in [3.8, 4) is 0 Å². The molecule has 0 radical (unpaired) electrons. The molecule has 1 unspecified atom stereocenters. The van der Waals surface area contributed by atoms with Gasteiger partial charge in [-0.25, -0.2) is 0 Å². The van der Waals surface area contributed by atoms with Crippen molar-refractivity contribution in [2.45, 2.75) is 25.1 Å². The fourth-order valence-corrected chi connectivity index (χ4v) is 2.52. The van der Waals surface area contributed by atoms with E-state index in [4.69, 9.17) is 0 Å². The van der Waals surface area contributed by atoms with Gasteiger partial charge in [-0.1, -0.05) is 0 Å². The highest BCUT2D eigenvalue weighted by Crippen LogP contribution is 2.29. The summed E-state index contributed by atoms with van der Waals surface area (Å²) in [7, 11) is 1.82. The van der Waals surface area contributed by atoms with Crippen LogP contribution in [0.25, 0.3) is 0 Å². The molecule has 6 heteroatoms. The zero-order valence-electron chi connectivity index (χ0n) is 11.2. The molecule has 1 amide bonds. The minimum absolute atomic E-state index is 0.120. The van der Waals surface area contributed by atoms with E-state index >= 15 is 0 Å². The number of likely N-dealkylation sites (N-methyl/N-ethyl adjacent to an activating group) is 1. The van der Waals surface area contributed by atoms with Crippen LogP contribution >= 0.6 is 0 Å². The molecule has 110 valence electrons. The van der Waals surface area contributed by atoms with Crippen LogP contribution in [0.15, 0.2) is 24.3 Å². The van der Waals surface area contributed by atoms with Gasteiger partial charge >= 0.3 is 6.18 Å². The highest BCUT2D eigenvalue weighted by atomic mass is 19.4. The molecule has 3 nitrogen and oxygen atoms in total. The van der Waals surface area contributed by atoms with E-state index in [1.165, 1.54) is 12.1 Å². The Balaban J connectivity index is 2.13. The number of carbonyl (C=O) groups is 1. The maximum absolute atomic E-state index is 12.5. The average Bonchev–Trinajstić information content (AvgIpc) is 2.86. The molecule has 0 bridgehead atoms. The van der Waals surface area contributed by atoms with Crippen LogP contribution < -0.4 is 5.32 Å². The van der Waals surface area contributed by atoms with E-state index in [-0.39, 0.29) is 11.9 Å². The van der Waals surface area contributed by atoms with Crippen LogP contribution in [0.4, 0.5) is 13.2 Å². The lowest BCUT2D eigenvalue weighted by molar-refractivity contribution is -0.137. The summed E-state index contributed by atoms with van der Waals surface area (Å²) >= 11 is 0. The van der Waals surface area contributed by atoms with Crippen LogP contribution in [0.3, 0.4) is 0 Å². The number of hydrogen-bond donors (Lipinski definition) is 1. The Morgan fingerprint density at radius 2 is 2.00 bits per heavy atom. The highest BCUT2D eigenvalue weighted by Gasteiger charge is 2.32. The lowest BCUT2D eigenvalue weighted by Gasteiger charge is -2.24. The lowest BCUT2D eigenvalue weighted by atomic mass is 10.1. The molecule has 0 aromatic heterocycles. The van der Waals surface area contributed by atoms with Gasteiger partial charge in [-0.05, 0) is 44.2 Å². The maximum atomic E-state index is 12.5. The van der Waals surface area contributed by atoms with Crippen molar-refractivity contribution in [1.29, 1.82) is 0 Å². The first-order valence-corrected chi connectivity index (χ1v) is 6.56. The summed E-state index contributed by atoms with van der Waals surface area (Å²) in [6, 6.07) is 4.53. The second kappa shape index (κ2) is 5.83. The van der Waals surface area contributed by atoms with Crippen molar-refractivity contribution in [3.05, 3.63) is 35.4 Å². The van der Waals surface area contributed by atoms with Crippen molar-refractivity contribution >= 4 is 5.91 Å². The molecule has 1 N–H and O–H groups in total. The first-order chi connectivity index (χ1) is 9.43. The zero-order valence-corrected chi connectivity index (χ0v) is 11.2. The Labute approximate surface area is 115 Å². The van der Waals surface area contributed by atoms with E-state index in [1.807, 2.05) is 7.05 Å². The molecule has 1 atom stereocenters. The fourth-order valence-electron chi connectivity index (χ4n) is 2.52. The smallest absolute Gasteiger partial charge is 0.334 e. The quantitative estimate of drug-likeness (QED) is 0.926. The van der Waals surface area contributed by atoms with Gasteiger partial charge in [0, 0.05) is 24.7 Å². The van der Waals surface area contributed by atoms with E-state index in [2.05, 4.69) is 5.32 Å². The average molecular weight is 286 g/mol. The summed E-state index contributed by atoms with van der Waals surface area (Å²) in [6.07, 6.45) is -2.52. The van der Waals surface area contributed by atoms with Gasteiger partial charge in [-0.3, -0.25) is 4.79 Å². The van der Waals surface area contributed by atoms with Crippen molar-refractivity contribution in [3.63, 3.8) is 0 Å². The lowest BCUT2D eigenvalue weighted by Crippen LogP contribution is -2.40. The summed E-state index contributed by atoms with van der Waals surface area (Å²) < 4.78 is 37.4. The third-order valence-electron chi connectivity index (χ3n) is 3.54. The molecule has 1 heterocycles. The largest absolute Gasteiger partial charge is 0.416 e. The van der Waals surface area contributed by atoms with Gasteiger partial charge in [0.2, 0.25) is 0 Å². The Hall–Kier alpha value is -1.56. The Morgan fingerprint density at radius 1 is 1.35 bits per heavy atom. The Morgan fingerprint density at radius 3 is 2.55 bits per heavy atom. The molecule has 0 aliphatic carbocycles. The van der Waals surface area contributed by atoms with Crippen molar-refractivity contribution in [1.82, 2.24) is 10.2 Å². The number of nitrogens with one attached hydrogen (secondary N) is 1. The minimum atomic E-state index is -4.37. The molecule has 1 aliphatic rings. The number of alkyl halides is 3. The predicted molar refractivity (Wildman–Crippen MR) is 69.4 cm³/mol. The number of nitrogens with zero attached hydrogens (tertiary/aromatic N) is 1. The first kappa shape index (κ1) is 14.8. The number of amides is 1. The third-order valence-corrected chi connectivity index (χ3v) is 3.54. The van der Waals surface area contributed by atoms with Gasteiger partial charge in [0.05, 0.1) is 5.56 Å². The topological polar surface area (TPSA) is 32.3 Å². The molecule has 1 aromatic carbocycles. The van der Waals surface area contributed by atoms with Gasteiger partial charge in [-0.2, -0.15) is 13.2 Å². The third kappa shape index (κ3) is 3.12.